The van der Waals surface area contributed by atoms with Crippen LogP contribution in [0.5, 0.6) is 11.5 Å². The van der Waals surface area contributed by atoms with Crippen LogP contribution in [0.4, 0.5) is 0 Å². The molecule has 3 aromatic rings. The zero-order chi connectivity index (χ0) is 22.9. The van der Waals surface area contributed by atoms with E-state index in [0.29, 0.717) is 35.3 Å². The molecule has 0 radical (unpaired) electrons. The number of aromatic nitrogens is 1. The molecule has 0 aliphatic carbocycles. The Labute approximate surface area is 191 Å². The second-order valence-electron chi connectivity index (χ2n) is 6.71. The van der Waals surface area contributed by atoms with E-state index in [0.717, 1.165) is 5.56 Å². The summed E-state index contributed by atoms with van der Waals surface area (Å²) >= 11 is 6.19. The zero-order valence-electron chi connectivity index (χ0n) is 17.9. The smallest absolute Gasteiger partial charge is 0.276 e. The molecule has 0 spiro atoms. The van der Waals surface area contributed by atoms with Crippen LogP contribution < -0.4 is 20.5 Å². The van der Waals surface area contributed by atoms with Gasteiger partial charge in [-0.3, -0.25) is 9.59 Å². The molecule has 0 saturated heterocycles. The molecule has 1 aromatic heterocycles. The fraction of sp³-hybridized carbons (Fsp3) is 0.208. The van der Waals surface area contributed by atoms with Gasteiger partial charge in [0.05, 0.1) is 26.0 Å². The van der Waals surface area contributed by atoms with Gasteiger partial charge in [-0.15, -0.1) is 0 Å². The number of halogens is 1. The number of hydrogen-bond acceptors (Lipinski definition) is 5. The SMILES string of the molecule is CCOc1ccc(/C=N\NC(=O)c2cccn(Cc3ccccc3Cl)c2=O)c(OCC)c1. The summed E-state index contributed by atoms with van der Waals surface area (Å²) in [6.07, 6.45) is 3.07. The molecule has 0 atom stereocenters. The third kappa shape index (κ3) is 5.76. The van der Waals surface area contributed by atoms with Gasteiger partial charge in [-0.1, -0.05) is 29.8 Å². The number of hydrogen-bond donors (Lipinski definition) is 1. The van der Waals surface area contributed by atoms with Crippen LogP contribution in [0.1, 0.15) is 35.3 Å². The van der Waals surface area contributed by atoms with Crippen molar-refractivity contribution in [3.05, 3.63) is 92.9 Å². The lowest BCUT2D eigenvalue weighted by Crippen LogP contribution is -2.31. The van der Waals surface area contributed by atoms with Crippen molar-refractivity contribution >= 4 is 23.7 Å². The van der Waals surface area contributed by atoms with Crippen molar-refractivity contribution in [1.82, 2.24) is 9.99 Å². The van der Waals surface area contributed by atoms with Gasteiger partial charge in [-0.05, 0) is 49.7 Å². The first kappa shape index (κ1) is 23.1. The molecule has 32 heavy (non-hydrogen) atoms. The summed E-state index contributed by atoms with van der Waals surface area (Å²) in [6.45, 7) is 5.04. The lowest BCUT2D eigenvalue weighted by molar-refractivity contribution is 0.0953. The summed E-state index contributed by atoms with van der Waals surface area (Å²) < 4.78 is 12.5. The Kier molecular flexibility index (Phi) is 8.05. The van der Waals surface area contributed by atoms with E-state index in [4.69, 9.17) is 21.1 Å². The molecule has 0 unspecified atom stereocenters. The van der Waals surface area contributed by atoms with E-state index in [-0.39, 0.29) is 12.1 Å². The van der Waals surface area contributed by atoms with E-state index >= 15 is 0 Å². The average molecular weight is 454 g/mol. The van der Waals surface area contributed by atoms with Crippen LogP contribution >= 0.6 is 11.6 Å². The van der Waals surface area contributed by atoms with Gasteiger partial charge < -0.3 is 14.0 Å². The third-order valence-corrected chi connectivity index (χ3v) is 4.90. The topological polar surface area (TPSA) is 81.9 Å². The number of carbonyl (C=O) groups excluding carboxylic acids is 1. The van der Waals surface area contributed by atoms with Crippen LogP contribution in [0.2, 0.25) is 5.02 Å². The van der Waals surface area contributed by atoms with Gasteiger partial charge in [-0.2, -0.15) is 5.10 Å². The predicted molar refractivity (Wildman–Crippen MR) is 125 cm³/mol. The summed E-state index contributed by atoms with van der Waals surface area (Å²) in [4.78, 5) is 25.3. The number of rotatable bonds is 9. The second-order valence-corrected chi connectivity index (χ2v) is 7.12. The van der Waals surface area contributed by atoms with Gasteiger partial charge in [0.15, 0.2) is 0 Å². The van der Waals surface area contributed by atoms with Crippen molar-refractivity contribution in [2.24, 2.45) is 5.10 Å². The van der Waals surface area contributed by atoms with E-state index < -0.39 is 11.5 Å². The van der Waals surface area contributed by atoms with E-state index in [1.54, 1.807) is 36.5 Å². The summed E-state index contributed by atoms with van der Waals surface area (Å²) in [7, 11) is 0. The Balaban J connectivity index is 1.75. The molecule has 2 aromatic carbocycles. The zero-order valence-corrected chi connectivity index (χ0v) is 18.6. The van der Waals surface area contributed by atoms with Gasteiger partial charge in [0.1, 0.15) is 17.1 Å². The van der Waals surface area contributed by atoms with Crippen LogP contribution in [0, 0.1) is 0 Å². The molecule has 1 amide bonds. The maximum Gasteiger partial charge on any atom is 0.276 e. The van der Waals surface area contributed by atoms with E-state index in [9.17, 15) is 9.59 Å². The molecular formula is C24H24ClN3O4. The number of amides is 1. The van der Waals surface area contributed by atoms with Crippen molar-refractivity contribution in [1.29, 1.82) is 0 Å². The van der Waals surface area contributed by atoms with Crippen LogP contribution in [0.3, 0.4) is 0 Å². The Hall–Kier alpha value is -3.58. The van der Waals surface area contributed by atoms with Gasteiger partial charge in [-0.25, -0.2) is 5.43 Å². The molecule has 7 nitrogen and oxygen atoms in total. The van der Waals surface area contributed by atoms with Crippen molar-refractivity contribution in [2.45, 2.75) is 20.4 Å². The molecule has 0 aliphatic rings. The highest BCUT2D eigenvalue weighted by molar-refractivity contribution is 6.31. The van der Waals surface area contributed by atoms with E-state index in [1.807, 2.05) is 32.0 Å². The normalized spacial score (nSPS) is 10.8. The Morgan fingerprint density at radius 2 is 1.88 bits per heavy atom. The average Bonchev–Trinajstić information content (AvgIpc) is 2.78. The van der Waals surface area contributed by atoms with Gasteiger partial charge in [0, 0.05) is 22.8 Å². The van der Waals surface area contributed by atoms with Crippen molar-refractivity contribution in [3.8, 4) is 11.5 Å². The highest BCUT2D eigenvalue weighted by Crippen LogP contribution is 2.24. The minimum Gasteiger partial charge on any atom is -0.494 e. The molecule has 0 bridgehead atoms. The molecule has 1 heterocycles. The second kappa shape index (κ2) is 11.2. The quantitative estimate of drug-likeness (QED) is 0.390. The Bertz CT molecular complexity index is 1170. The molecular weight excluding hydrogens is 430 g/mol. The van der Waals surface area contributed by atoms with Gasteiger partial charge in [0.2, 0.25) is 0 Å². The summed E-state index contributed by atoms with van der Waals surface area (Å²) in [5, 5.41) is 4.55. The fourth-order valence-electron chi connectivity index (χ4n) is 3.02. The highest BCUT2D eigenvalue weighted by Gasteiger charge is 2.12. The molecule has 0 aliphatic heterocycles. The van der Waals surface area contributed by atoms with Crippen molar-refractivity contribution in [2.75, 3.05) is 13.2 Å². The number of ether oxygens (including phenoxy) is 2. The monoisotopic (exact) mass is 453 g/mol. The van der Waals surface area contributed by atoms with E-state index in [2.05, 4.69) is 10.5 Å². The number of pyridine rings is 1. The van der Waals surface area contributed by atoms with Gasteiger partial charge >= 0.3 is 0 Å². The Morgan fingerprint density at radius 3 is 2.62 bits per heavy atom. The minimum atomic E-state index is -0.608. The summed E-state index contributed by atoms with van der Waals surface area (Å²) in [5.74, 6) is 0.655. The number of hydrazone groups is 1. The maximum atomic E-state index is 12.8. The van der Waals surface area contributed by atoms with Crippen molar-refractivity contribution < 1.29 is 14.3 Å². The highest BCUT2D eigenvalue weighted by atomic mass is 35.5. The van der Waals surface area contributed by atoms with Crippen LogP contribution in [-0.4, -0.2) is 29.9 Å². The summed E-state index contributed by atoms with van der Waals surface area (Å²) in [6, 6.07) is 15.7. The number of benzene rings is 2. The molecule has 0 fully saturated rings. The van der Waals surface area contributed by atoms with Gasteiger partial charge in [0.25, 0.3) is 11.5 Å². The standard InChI is InChI=1S/C24H24ClN3O4/c1-3-31-19-12-11-17(22(14-19)32-4-2)15-26-27-23(29)20-9-7-13-28(24(20)30)16-18-8-5-6-10-21(18)25/h5-15H,3-4,16H2,1-2H3,(H,27,29)/b26-15-. The molecule has 3 rings (SSSR count). The van der Waals surface area contributed by atoms with Crippen LogP contribution in [-0.2, 0) is 6.54 Å². The Morgan fingerprint density at radius 1 is 1.09 bits per heavy atom. The lowest BCUT2D eigenvalue weighted by atomic mass is 10.2. The van der Waals surface area contributed by atoms with Crippen LogP contribution in [0.15, 0.2) is 70.7 Å². The molecule has 8 heteroatoms. The molecule has 166 valence electrons. The first-order valence-corrected chi connectivity index (χ1v) is 10.6. The first-order valence-electron chi connectivity index (χ1n) is 10.2. The maximum absolute atomic E-state index is 12.8. The number of nitrogens with one attached hydrogen (secondary N) is 1. The summed E-state index contributed by atoms with van der Waals surface area (Å²) in [5.41, 5.74) is 3.40. The third-order valence-electron chi connectivity index (χ3n) is 4.53. The first-order chi connectivity index (χ1) is 15.5. The molecule has 1 N–H and O–H groups in total. The van der Waals surface area contributed by atoms with Crippen LogP contribution in [0.25, 0.3) is 0 Å². The van der Waals surface area contributed by atoms with E-state index in [1.165, 1.54) is 16.8 Å². The minimum absolute atomic E-state index is 0.0200. The fourth-order valence-corrected chi connectivity index (χ4v) is 3.22. The lowest BCUT2D eigenvalue weighted by Gasteiger charge is -2.10. The number of carbonyl (C=O) groups is 1. The number of nitrogens with zero attached hydrogens (tertiary/aromatic N) is 2. The van der Waals surface area contributed by atoms with Crippen molar-refractivity contribution in [3.63, 3.8) is 0 Å². The predicted octanol–water partition coefficient (Wildman–Crippen LogP) is 4.11. The molecule has 0 saturated carbocycles. The largest absolute Gasteiger partial charge is 0.494 e.